The highest BCUT2D eigenvalue weighted by Crippen LogP contribution is 2.60. The number of aryl methyl sites for hydroxylation is 1. The van der Waals surface area contributed by atoms with Crippen LogP contribution in [-0.4, -0.2) is 25.1 Å². The Hall–Kier alpha value is -2.53. The molecular weight excluding hydrogens is 330 g/mol. The summed E-state index contributed by atoms with van der Waals surface area (Å²) < 4.78 is 10.5. The summed E-state index contributed by atoms with van der Waals surface area (Å²) in [5.41, 5.74) is 4.71. The lowest BCUT2D eigenvalue weighted by atomic mass is 9.76. The first-order valence-electron chi connectivity index (χ1n) is 8.96. The van der Waals surface area contributed by atoms with E-state index in [9.17, 15) is 9.90 Å². The van der Waals surface area contributed by atoms with Gasteiger partial charge in [-0.15, -0.1) is 0 Å². The maximum Gasteiger partial charge on any atom is 0.405 e. The monoisotopic (exact) mass is 353 g/mol. The molecule has 136 valence electrons. The molecule has 1 fully saturated rings. The van der Waals surface area contributed by atoms with Crippen molar-refractivity contribution in [3.8, 4) is 16.9 Å². The Morgan fingerprint density at radius 2 is 2.00 bits per heavy atom. The molecule has 5 heteroatoms. The number of fused-ring (bicyclic) bond motifs is 1. The van der Waals surface area contributed by atoms with Crippen LogP contribution in [0, 0.1) is 5.41 Å². The van der Waals surface area contributed by atoms with Crippen LogP contribution in [0.3, 0.4) is 0 Å². The normalized spacial score (nSPS) is 19.7. The van der Waals surface area contributed by atoms with Gasteiger partial charge >= 0.3 is 6.09 Å². The zero-order valence-electron chi connectivity index (χ0n) is 14.8. The van der Waals surface area contributed by atoms with Crippen molar-refractivity contribution >= 4 is 6.09 Å². The van der Waals surface area contributed by atoms with Gasteiger partial charge in [-0.3, -0.25) is 0 Å². The van der Waals surface area contributed by atoms with Gasteiger partial charge in [0.1, 0.15) is 5.75 Å². The molecule has 26 heavy (non-hydrogen) atoms. The average molecular weight is 353 g/mol. The number of hydrogen-bond acceptors (Lipinski definition) is 3. The molecule has 2 aliphatic carbocycles. The van der Waals surface area contributed by atoms with Gasteiger partial charge in [0.15, 0.2) is 6.79 Å². The van der Waals surface area contributed by atoms with Gasteiger partial charge in [-0.25, -0.2) is 4.79 Å². The summed E-state index contributed by atoms with van der Waals surface area (Å²) in [5, 5.41) is 12.0. The van der Waals surface area contributed by atoms with Crippen LogP contribution >= 0.6 is 0 Å². The first kappa shape index (κ1) is 16.9. The van der Waals surface area contributed by atoms with Crippen molar-refractivity contribution in [2.24, 2.45) is 5.41 Å². The van der Waals surface area contributed by atoms with Crippen molar-refractivity contribution in [1.82, 2.24) is 5.32 Å². The second-order valence-corrected chi connectivity index (χ2v) is 7.24. The van der Waals surface area contributed by atoms with Gasteiger partial charge < -0.3 is 19.9 Å². The molecule has 0 saturated heterocycles. The van der Waals surface area contributed by atoms with E-state index in [2.05, 4.69) is 29.6 Å². The van der Waals surface area contributed by atoms with Crippen LogP contribution in [0.5, 0.6) is 5.75 Å². The van der Waals surface area contributed by atoms with E-state index in [1.165, 1.54) is 5.56 Å². The number of methoxy groups -OCH3 is 1. The highest BCUT2D eigenvalue weighted by atomic mass is 16.7. The van der Waals surface area contributed by atoms with E-state index in [4.69, 9.17) is 9.47 Å². The van der Waals surface area contributed by atoms with E-state index in [-0.39, 0.29) is 18.2 Å². The Kier molecular flexibility index (Phi) is 4.32. The molecule has 2 N–H and O–H groups in total. The molecule has 0 aliphatic heterocycles. The molecule has 1 spiro atoms. The number of hydrogen-bond donors (Lipinski definition) is 2. The number of ether oxygens (including phenoxy) is 2. The van der Waals surface area contributed by atoms with Crippen molar-refractivity contribution in [3.05, 3.63) is 53.6 Å². The minimum atomic E-state index is -0.943. The number of rotatable bonds is 5. The Labute approximate surface area is 152 Å². The Morgan fingerprint density at radius 1 is 1.19 bits per heavy atom. The Morgan fingerprint density at radius 3 is 2.73 bits per heavy atom. The summed E-state index contributed by atoms with van der Waals surface area (Å²) in [7, 11) is 1.60. The highest BCUT2D eigenvalue weighted by molar-refractivity contribution is 5.69. The standard InChI is InChI=1S/C21H23NO4/c1-25-13-26-17-4-2-3-14(12-17)15-5-6-18-16(11-15)7-8-21(9-10-21)19(18)22-20(23)24/h2-6,11-12,19,22H,7-10,13H2,1H3,(H,23,24). The number of carbonyl (C=O) groups is 1. The van der Waals surface area contributed by atoms with Crippen molar-refractivity contribution in [2.45, 2.75) is 31.7 Å². The molecule has 1 unspecified atom stereocenters. The molecule has 0 bridgehead atoms. The van der Waals surface area contributed by atoms with Crippen LogP contribution in [0.25, 0.3) is 11.1 Å². The molecule has 2 aliphatic rings. The minimum absolute atomic E-state index is 0.0887. The molecule has 1 amide bonds. The van der Waals surface area contributed by atoms with Crippen molar-refractivity contribution in [2.75, 3.05) is 13.9 Å². The third-order valence-corrected chi connectivity index (χ3v) is 5.63. The van der Waals surface area contributed by atoms with E-state index >= 15 is 0 Å². The van der Waals surface area contributed by atoms with E-state index in [1.807, 2.05) is 18.2 Å². The van der Waals surface area contributed by atoms with E-state index in [0.717, 1.165) is 48.1 Å². The highest BCUT2D eigenvalue weighted by Gasteiger charge is 2.52. The van der Waals surface area contributed by atoms with E-state index < -0.39 is 6.09 Å². The minimum Gasteiger partial charge on any atom is -0.468 e. The molecule has 5 nitrogen and oxygen atoms in total. The fourth-order valence-corrected chi connectivity index (χ4v) is 4.09. The molecule has 1 saturated carbocycles. The molecule has 0 radical (unpaired) electrons. The fraction of sp³-hybridized carbons (Fsp3) is 0.381. The predicted molar refractivity (Wildman–Crippen MR) is 98.3 cm³/mol. The zero-order chi connectivity index (χ0) is 18.1. The molecular formula is C21H23NO4. The van der Waals surface area contributed by atoms with Crippen molar-refractivity contribution in [3.63, 3.8) is 0 Å². The summed E-state index contributed by atoms with van der Waals surface area (Å²) in [6.45, 7) is 0.220. The van der Waals surface area contributed by atoms with Gasteiger partial charge in [0.05, 0.1) is 6.04 Å². The summed E-state index contributed by atoms with van der Waals surface area (Å²) in [6.07, 6.45) is 3.32. The SMILES string of the molecule is COCOc1cccc(-c2ccc3c(c2)CCC2(CC2)C3NC(=O)O)c1. The molecule has 0 heterocycles. The molecule has 0 aromatic heterocycles. The lowest BCUT2D eigenvalue weighted by molar-refractivity contribution is 0.0511. The van der Waals surface area contributed by atoms with E-state index in [1.54, 1.807) is 7.11 Å². The average Bonchev–Trinajstić information content (AvgIpc) is 3.43. The summed E-state index contributed by atoms with van der Waals surface area (Å²) in [5.74, 6) is 0.768. The quantitative estimate of drug-likeness (QED) is 0.783. The second kappa shape index (κ2) is 6.65. The van der Waals surface area contributed by atoms with Crippen molar-refractivity contribution in [1.29, 1.82) is 0 Å². The molecule has 2 aromatic carbocycles. The lowest BCUT2D eigenvalue weighted by Crippen LogP contribution is -2.36. The third-order valence-electron chi connectivity index (χ3n) is 5.63. The maximum atomic E-state index is 11.3. The summed E-state index contributed by atoms with van der Waals surface area (Å²) in [4.78, 5) is 11.3. The Bertz CT molecular complexity index is 829. The van der Waals surface area contributed by atoms with E-state index in [0.29, 0.717) is 0 Å². The zero-order valence-corrected chi connectivity index (χ0v) is 14.8. The van der Waals surface area contributed by atoms with Crippen LogP contribution in [0.1, 0.15) is 36.4 Å². The van der Waals surface area contributed by atoms with Gasteiger partial charge in [-0.05, 0) is 65.5 Å². The molecule has 4 rings (SSSR count). The van der Waals surface area contributed by atoms with Gasteiger partial charge in [-0.2, -0.15) is 0 Å². The number of benzene rings is 2. The first-order valence-corrected chi connectivity index (χ1v) is 8.96. The van der Waals surface area contributed by atoms with Gasteiger partial charge in [-0.1, -0.05) is 30.3 Å². The van der Waals surface area contributed by atoms with Crippen LogP contribution in [-0.2, 0) is 11.2 Å². The molecule has 2 aromatic rings. The summed E-state index contributed by atoms with van der Waals surface area (Å²) >= 11 is 0. The topological polar surface area (TPSA) is 67.8 Å². The number of nitrogens with one attached hydrogen (secondary N) is 1. The number of amides is 1. The van der Waals surface area contributed by atoms with Crippen LogP contribution in [0.2, 0.25) is 0 Å². The van der Waals surface area contributed by atoms with Crippen LogP contribution < -0.4 is 10.1 Å². The first-order chi connectivity index (χ1) is 12.6. The van der Waals surface area contributed by atoms with Gasteiger partial charge in [0.25, 0.3) is 0 Å². The lowest BCUT2D eigenvalue weighted by Gasteiger charge is -2.34. The van der Waals surface area contributed by atoms with Gasteiger partial charge in [0, 0.05) is 7.11 Å². The number of carboxylic acid groups (broad SMARTS) is 1. The largest absolute Gasteiger partial charge is 0.468 e. The van der Waals surface area contributed by atoms with Crippen LogP contribution in [0.15, 0.2) is 42.5 Å². The fourth-order valence-electron chi connectivity index (χ4n) is 4.09. The second-order valence-electron chi connectivity index (χ2n) is 7.24. The smallest absolute Gasteiger partial charge is 0.405 e. The van der Waals surface area contributed by atoms with Crippen LogP contribution in [0.4, 0.5) is 4.79 Å². The Balaban J connectivity index is 1.64. The predicted octanol–water partition coefficient (Wildman–Crippen LogP) is 4.37. The van der Waals surface area contributed by atoms with Crippen molar-refractivity contribution < 1.29 is 19.4 Å². The maximum absolute atomic E-state index is 11.3. The molecule has 1 atom stereocenters. The van der Waals surface area contributed by atoms with Gasteiger partial charge in [0.2, 0.25) is 0 Å². The third kappa shape index (κ3) is 3.15. The summed E-state index contributed by atoms with van der Waals surface area (Å²) in [6, 6.07) is 14.2.